The molecule has 12 heteroatoms. The Balaban J connectivity index is 1.62. The maximum absolute atomic E-state index is 14.4. The maximum Gasteiger partial charge on any atom is 0.405 e. The van der Waals surface area contributed by atoms with E-state index in [0.717, 1.165) is 0 Å². The second kappa shape index (κ2) is 7.26. The lowest BCUT2D eigenvalue weighted by Gasteiger charge is -2.42. The molecule has 2 amide bonds. The number of hydrogen-bond acceptors (Lipinski definition) is 5. The van der Waals surface area contributed by atoms with E-state index in [9.17, 15) is 27.2 Å². The van der Waals surface area contributed by atoms with Crippen LogP contribution in [0.1, 0.15) is 47.5 Å². The van der Waals surface area contributed by atoms with Crippen molar-refractivity contribution in [1.29, 1.82) is 0 Å². The minimum absolute atomic E-state index is 0.0269. The summed E-state index contributed by atoms with van der Waals surface area (Å²) in [5, 5.41) is 17.6. The lowest BCUT2D eigenvalue weighted by atomic mass is 9.86. The topological polar surface area (TPSA) is 109 Å². The Hall–Kier alpha value is -3.18. The summed E-state index contributed by atoms with van der Waals surface area (Å²) in [6.07, 6.45) is -4.65. The molecule has 0 spiro atoms. The zero-order valence-electron chi connectivity index (χ0n) is 15.3. The van der Waals surface area contributed by atoms with E-state index in [0.29, 0.717) is 5.56 Å². The van der Waals surface area contributed by atoms with Crippen molar-refractivity contribution >= 4 is 12.0 Å². The SMILES string of the molecule is O=C(O)N[C@@H]1[C@H](N2Cc3ccc(-c4nnc(C(F)F)o4)cc3C2=O)CCCC1(F)F. The monoisotopic (exact) mass is 428 g/mol. The molecule has 30 heavy (non-hydrogen) atoms. The van der Waals surface area contributed by atoms with Gasteiger partial charge >= 0.3 is 12.5 Å². The number of aromatic nitrogens is 2. The number of carbonyl (C=O) groups excluding carboxylic acids is 1. The third kappa shape index (κ3) is 3.46. The van der Waals surface area contributed by atoms with Crippen molar-refractivity contribution in [2.45, 2.75) is 50.2 Å². The first-order chi connectivity index (χ1) is 14.2. The number of rotatable bonds is 4. The fraction of sp³-hybridized carbons (Fsp3) is 0.444. The van der Waals surface area contributed by atoms with Gasteiger partial charge in [0.15, 0.2) is 0 Å². The number of carbonyl (C=O) groups is 2. The van der Waals surface area contributed by atoms with Gasteiger partial charge in [-0.1, -0.05) is 6.07 Å². The summed E-state index contributed by atoms with van der Waals surface area (Å²) in [5.74, 6) is -4.91. The van der Waals surface area contributed by atoms with Crippen LogP contribution in [0, 0.1) is 0 Å². The molecule has 2 aliphatic rings. The summed E-state index contributed by atoms with van der Waals surface area (Å²) >= 11 is 0. The van der Waals surface area contributed by atoms with Gasteiger partial charge in [0.25, 0.3) is 17.7 Å². The van der Waals surface area contributed by atoms with Gasteiger partial charge in [0, 0.05) is 24.1 Å². The average molecular weight is 428 g/mol. The Labute approximate surface area is 166 Å². The van der Waals surface area contributed by atoms with Gasteiger partial charge in [0.2, 0.25) is 5.89 Å². The molecule has 2 atom stereocenters. The third-order valence-electron chi connectivity index (χ3n) is 5.35. The highest BCUT2D eigenvalue weighted by Gasteiger charge is 2.51. The van der Waals surface area contributed by atoms with Crippen LogP contribution in [0.4, 0.5) is 22.4 Å². The zero-order chi connectivity index (χ0) is 21.6. The molecule has 1 fully saturated rings. The molecule has 0 saturated heterocycles. The minimum atomic E-state index is -3.29. The lowest BCUT2D eigenvalue weighted by Crippen LogP contribution is -2.61. The molecular weight excluding hydrogens is 412 g/mol. The molecule has 1 aliphatic heterocycles. The number of carboxylic acid groups (broad SMARTS) is 1. The molecular formula is C18H16F4N4O4. The molecule has 8 nitrogen and oxygen atoms in total. The molecule has 2 aromatic rings. The predicted octanol–water partition coefficient (Wildman–Crippen LogP) is 3.45. The summed E-state index contributed by atoms with van der Waals surface area (Å²) in [5.41, 5.74) is 0.963. The number of amides is 2. The van der Waals surface area contributed by atoms with Gasteiger partial charge in [-0.05, 0) is 30.5 Å². The number of nitrogens with zero attached hydrogens (tertiary/aromatic N) is 3. The van der Waals surface area contributed by atoms with Gasteiger partial charge in [-0.25, -0.2) is 13.6 Å². The Morgan fingerprint density at radius 1 is 1.33 bits per heavy atom. The van der Waals surface area contributed by atoms with Crippen molar-refractivity contribution < 1.29 is 36.7 Å². The Kier molecular flexibility index (Phi) is 4.86. The normalized spacial score (nSPS) is 23.0. The molecule has 4 rings (SSSR count). The largest absolute Gasteiger partial charge is 0.465 e. The quantitative estimate of drug-likeness (QED) is 0.722. The van der Waals surface area contributed by atoms with Crippen LogP contribution < -0.4 is 5.32 Å². The highest BCUT2D eigenvalue weighted by molar-refractivity contribution is 5.99. The van der Waals surface area contributed by atoms with Crippen LogP contribution in [0.5, 0.6) is 0 Å². The first-order valence-corrected chi connectivity index (χ1v) is 9.10. The standard InChI is InChI=1S/C18H16F4N4O4/c19-13(20)15-25-24-14(30-15)8-3-4-9-7-26(16(27)10(9)6-8)11-2-1-5-18(21,22)12(11)23-17(28)29/h3-4,6,11-13,23H,1-2,5,7H2,(H,28,29)/t11-,12-/m1/s1. The summed E-state index contributed by atoms with van der Waals surface area (Å²) < 4.78 is 59.0. The van der Waals surface area contributed by atoms with Crippen LogP contribution in [0.2, 0.25) is 0 Å². The molecule has 2 heterocycles. The number of hydrogen-bond donors (Lipinski definition) is 2. The second-order valence-corrected chi connectivity index (χ2v) is 7.20. The van der Waals surface area contributed by atoms with E-state index in [2.05, 4.69) is 10.2 Å². The molecule has 1 aromatic carbocycles. The molecule has 0 unspecified atom stereocenters. The van der Waals surface area contributed by atoms with Gasteiger partial charge in [0.05, 0.1) is 6.04 Å². The predicted molar refractivity (Wildman–Crippen MR) is 92.1 cm³/mol. The molecule has 1 saturated carbocycles. The van der Waals surface area contributed by atoms with E-state index >= 15 is 0 Å². The highest BCUT2D eigenvalue weighted by Crippen LogP contribution is 2.39. The van der Waals surface area contributed by atoms with E-state index in [1.165, 1.54) is 17.0 Å². The van der Waals surface area contributed by atoms with Gasteiger partial charge in [-0.3, -0.25) is 4.79 Å². The number of benzene rings is 1. The van der Waals surface area contributed by atoms with Crippen molar-refractivity contribution in [3.8, 4) is 11.5 Å². The van der Waals surface area contributed by atoms with Crippen LogP contribution in [0.15, 0.2) is 22.6 Å². The van der Waals surface area contributed by atoms with Gasteiger partial charge in [-0.2, -0.15) is 8.78 Å². The van der Waals surface area contributed by atoms with Crippen molar-refractivity contribution in [3.63, 3.8) is 0 Å². The Bertz CT molecular complexity index is 996. The van der Waals surface area contributed by atoms with Crippen molar-refractivity contribution in [2.24, 2.45) is 0 Å². The van der Waals surface area contributed by atoms with E-state index in [4.69, 9.17) is 9.52 Å². The van der Waals surface area contributed by atoms with Crippen molar-refractivity contribution in [3.05, 3.63) is 35.2 Å². The van der Waals surface area contributed by atoms with E-state index < -0.39 is 48.7 Å². The average Bonchev–Trinajstić information content (AvgIpc) is 3.28. The number of halogens is 4. The lowest BCUT2D eigenvalue weighted by molar-refractivity contribution is -0.0876. The summed E-state index contributed by atoms with van der Waals surface area (Å²) in [7, 11) is 0. The smallest absolute Gasteiger partial charge is 0.405 e. The molecule has 160 valence electrons. The number of fused-ring (bicyclic) bond motifs is 1. The molecule has 1 aliphatic carbocycles. The van der Waals surface area contributed by atoms with Gasteiger partial charge in [0.1, 0.15) is 6.04 Å². The van der Waals surface area contributed by atoms with E-state index in [1.54, 1.807) is 6.07 Å². The molecule has 0 bridgehead atoms. The third-order valence-corrected chi connectivity index (χ3v) is 5.35. The van der Waals surface area contributed by atoms with Crippen LogP contribution in [-0.2, 0) is 6.54 Å². The van der Waals surface area contributed by atoms with Crippen LogP contribution in [0.3, 0.4) is 0 Å². The van der Waals surface area contributed by atoms with Crippen molar-refractivity contribution in [2.75, 3.05) is 0 Å². The maximum atomic E-state index is 14.4. The Morgan fingerprint density at radius 3 is 2.77 bits per heavy atom. The van der Waals surface area contributed by atoms with Crippen LogP contribution in [0.25, 0.3) is 11.5 Å². The highest BCUT2D eigenvalue weighted by atomic mass is 19.3. The molecule has 2 N–H and O–H groups in total. The summed E-state index contributed by atoms with van der Waals surface area (Å²) in [6, 6.07) is 1.67. The second-order valence-electron chi connectivity index (χ2n) is 7.20. The van der Waals surface area contributed by atoms with Gasteiger partial charge in [-0.15, -0.1) is 10.2 Å². The Morgan fingerprint density at radius 2 is 2.10 bits per heavy atom. The van der Waals surface area contributed by atoms with Crippen LogP contribution in [-0.4, -0.2) is 50.2 Å². The number of alkyl halides is 4. The fourth-order valence-corrected chi connectivity index (χ4v) is 3.98. The van der Waals surface area contributed by atoms with Crippen molar-refractivity contribution in [1.82, 2.24) is 20.4 Å². The zero-order valence-corrected chi connectivity index (χ0v) is 15.3. The van der Waals surface area contributed by atoms with E-state index in [1.807, 2.05) is 5.32 Å². The fourth-order valence-electron chi connectivity index (χ4n) is 3.98. The van der Waals surface area contributed by atoms with E-state index in [-0.39, 0.29) is 36.4 Å². The first kappa shape index (κ1) is 20.1. The molecule has 1 aromatic heterocycles. The minimum Gasteiger partial charge on any atom is -0.465 e. The summed E-state index contributed by atoms with van der Waals surface area (Å²) in [4.78, 5) is 25.2. The van der Waals surface area contributed by atoms with Gasteiger partial charge < -0.3 is 19.7 Å². The number of nitrogens with one attached hydrogen (secondary N) is 1. The molecule has 0 radical (unpaired) electrons. The van der Waals surface area contributed by atoms with Crippen LogP contribution >= 0.6 is 0 Å². The first-order valence-electron chi connectivity index (χ1n) is 9.10. The summed E-state index contributed by atoms with van der Waals surface area (Å²) in [6.45, 7) is 0.0269.